The fraction of sp³-hybridized carbons (Fsp3) is 0.562. The van der Waals surface area contributed by atoms with Crippen molar-refractivity contribution in [3.63, 3.8) is 0 Å². The van der Waals surface area contributed by atoms with Crippen molar-refractivity contribution in [3.8, 4) is 0 Å². The smallest absolute Gasteiger partial charge is 0.275 e. The van der Waals surface area contributed by atoms with Crippen LogP contribution in [0.5, 0.6) is 0 Å². The molecule has 0 bridgehead atoms. The molecular formula is C16H23Cl2N2O2+. The summed E-state index contributed by atoms with van der Waals surface area (Å²) in [5.74, 6) is 0.0707. The van der Waals surface area contributed by atoms with Crippen LogP contribution < -0.4 is 10.2 Å². The molecule has 1 amide bonds. The molecule has 0 radical (unpaired) electrons. The van der Waals surface area contributed by atoms with Crippen LogP contribution in [-0.4, -0.2) is 44.3 Å². The molecule has 2 N–H and O–H groups in total. The largest absolute Gasteiger partial charge is 0.364 e. The van der Waals surface area contributed by atoms with E-state index in [1.165, 1.54) is 4.90 Å². The van der Waals surface area contributed by atoms with E-state index in [9.17, 15) is 4.79 Å². The molecule has 0 aromatic heterocycles. The SMILES string of the molecule is C[C@@H]1C[NH+](CC(=O)NCCc2ccc(Cl)cc2Cl)C[C@@H](C)O1. The Labute approximate surface area is 141 Å². The lowest BCUT2D eigenvalue weighted by Gasteiger charge is -2.31. The monoisotopic (exact) mass is 345 g/mol. The van der Waals surface area contributed by atoms with Crippen LogP contribution in [-0.2, 0) is 16.0 Å². The Hall–Kier alpha value is -0.810. The van der Waals surface area contributed by atoms with Crippen molar-refractivity contribution < 1.29 is 14.4 Å². The molecule has 0 saturated carbocycles. The van der Waals surface area contributed by atoms with Gasteiger partial charge in [-0.2, -0.15) is 0 Å². The molecule has 1 heterocycles. The number of hydrogen-bond donors (Lipinski definition) is 2. The number of rotatable bonds is 5. The predicted molar refractivity (Wildman–Crippen MR) is 88.7 cm³/mol. The van der Waals surface area contributed by atoms with Gasteiger partial charge in [-0.1, -0.05) is 29.3 Å². The minimum Gasteiger partial charge on any atom is -0.364 e. The van der Waals surface area contributed by atoms with Gasteiger partial charge in [-0.3, -0.25) is 4.79 Å². The first kappa shape index (κ1) is 17.5. The maximum Gasteiger partial charge on any atom is 0.275 e. The van der Waals surface area contributed by atoms with Gasteiger partial charge in [-0.25, -0.2) is 0 Å². The second kappa shape index (κ2) is 8.16. The Kier molecular flexibility index (Phi) is 6.50. The Morgan fingerprint density at radius 3 is 2.64 bits per heavy atom. The zero-order valence-electron chi connectivity index (χ0n) is 13.0. The van der Waals surface area contributed by atoms with Gasteiger partial charge in [0, 0.05) is 16.6 Å². The Morgan fingerprint density at radius 1 is 1.32 bits per heavy atom. The number of morpholine rings is 1. The second-order valence-electron chi connectivity index (χ2n) is 5.93. The summed E-state index contributed by atoms with van der Waals surface area (Å²) in [6.45, 7) is 6.93. The van der Waals surface area contributed by atoms with Crippen LogP contribution in [0.2, 0.25) is 10.0 Å². The quantitative estimate of drug-likeness (QED) is 0.845. The van der Waals surface area contributed by atoms with Gasteiger partial charge in [0.25, 0.3) is 5.91 Å². The van der Waals surface area contributed by atoms with Crippen LogP contribution in [0.25, 0.3) is 0 Å². The summed E-state index contributed by atoms with van der Waals surface area (Å²) in [7, 11) is 0. The molecule has 122 valence electrons. The van der Waals surface area contributed by atoms with Crippen LogP contribution in [0.1, 0.15) is 19.4 Å². The number of hydrogen-bond acceptors (Lipinski definition) is 2. The summed E-state index contributed by atoms with van der Waals surface area (Å²) in [6, 6.07) is 5.43. The maximum absolute atomic E-state index is 12.0. The molecule has 1 aliphatic heterocycles. The highest BCUT2D eigenvalue weighted by Crippen LogP contribution is 2.20. The normalized spacial score (nSPS) is 25.0. The van der Waals surface area contributed by atoms with Crippen LogP contribution in [0, 0.1) is 0 Å². The molecule has 1 aliphatic rings. The van der Waals surface area contributed by atoms with Crippen molar-refractivity contribution in [2.75, 3.05) is 26.2 Å². The number of benzene rings is 1. The van der Waals surface area contributed by atoms with E-state index in [4.69, 9.17) is 27.9 Å². The second-order valence-corrected chi connectivity index (χ2v) is 6.77. The number of nitrogens with one attached hydrogen (secondary N) is 2. The number of amides is 1. The van der Waals surface area contributed by atoms with Gasteiger partial charge in [-0.05, 0) is 38.0 Å². The maximum atomic E-state index is 12.0. The van der Waals surface area contributed by atoms with E-state index < -0.39 is 0 Å². The molecule has 2 rings (SSSR count). The van der Waals surface area contributed by atoms with E-state index in [-0.39, 0.29) is 18.1 Å². The van der Waals surface area contributed by atoms with Gasteiger partial charge in [0.05, 0.1) is 0 Å². The number of carbonyl (C=O) groups is 1. The summed E-state index contributed by atoms with van der Waals surface area (Å²) >= 11 is 12.0. The van der Waals surface area contributed by atoms with Gasteiger partial charge in [-0.15, -0.1) is 0 Å². The van der Waals surface area contributed by atoms with E-state index in [1.54, 1.807) is 6.07 Å². The van der Waals surface area contributed by atoms with E-state index >= 15 is 0 Å². The highest BCUT2D eigenvalue weighted by molar-refractivity contribution is 6.35. The van der Waals surface area contributed by atoms with Gasteiger partial charge in [0.15, 0.2) is 6.54 Å². The number of quaternary nitrogens is 1. The first-order chi connectivity index (χ1) is 10.4. The molecule has 1 fully saturated rings. The van der Waals surface area contributed by atoms with Crippen molar-refractivity contribution in [1.82, 2.24) is 5.32 Å². The Bertz CT molecular complexity index is 515. The summed E-state index contributed by atoms with van der Waals surface area (Å²) in [5.41, 5.74) is 0.993. The summed E-state index contributed by atoms with van der Waals surface area (Å²) in [6.07, 6.45) is 1.12. The Balaban J connectivity index is 1.73. The lowest BCUT2D eigenvalue weighted by atomic mass is 10.1. The minimum absolute atomic E-state index is 0.0707. The minimum atomic E-state index is 0.0707. The van der Waals surface area contributed by atoms with E-state index in [1.807, 2.05) is 12.1 Å². The van der Waals surface area contributed by atoms with E-state index in [0.717, 1.165) is 18.7 Å². The highest BCUT2D eigenvalue weighted by Gasteiger charge is 2.26. The third kappa shape index (κ3) is 5.43. The third-order valence-corrected chi connectivity index (χ3v) is 4.35. The van der Waals surface area contributed by atoms with Gasteiger partial charge >= 0.3 is 0 Å². The van der Waals surface area contributed by atoms with Gasteiger partial charge in [0.2, 0.25) is 0 Å². The fourth-order valence-corrected chi connectivity index (χ4v) is 3.39. The number of ether oxygens (including phenoxy) is 1. The van der Waals surface area contributed by atoms with Gasteiger partial charge < -0.3 is 15.0 Å². The number of halogens is 2. The molecule has 1 aromatic rings. The van der Waals surface area contributed by atoms with Gasteiger partial charge in [0.1, 0.15) is 25.3 Å². The molecule has 6 heteroatoms. The van der Waals surface area contributed by atoms with E-state index in [0.29, 0.717) is 29.6 Å². The molecule has 1 aromatic carbocycles. The first-order valence-corrected chi connectivity index (χ1v) is 8.39. The highest BCUT2D eigenvalue weighted by atomic mass is 35.5. The van der Waals surface area contributed by atoms with Crippen LogP contribution >= 0.6 is 23.2 Å². The van der Waals surface area contributed by atoms with Crippen molar-refractivity contribution in [3.05, 3.63) is 33.8 Å². The first-order valence-electron chi connectivity index (χ1n) is 7.63. The lowest BCUT2D eigenvalue weighted by Crippen LogP contribution is -3.16. The standard InChI is InChI=1S/C16H22Cl2N2O2/c1-11-8-20(9-12(2)22-11)10-16(21)19-6-5-13-3-4-14(17)7-15(13)18/h3-4,7,11-12H,5-6,8-10H2,1-2H3,(H,19,21)/p+1/t11-,12-/m1/s1. The lowest BCUT2D eigenvalue weighted by molar-refractivity contribution is -0.907. The summed E-state index contributed by atoms with van der Waals surface area (Å²) < 4.78 is 5.68. The molecule has 0 spiro atoms. The van der Waals surface area contributed by atoms with Crippen LogP contribution in [0.15, 0.2) is 18.2 Å². The van der Waals surface area contributed by atoms with Crippen LogP contribution in [0.3, 0.4) is 0 Å². The fourth-order valence-electron chi connectivity index (χ4n) is 2.88. The van der Waals surface area contributed by atoms with Crippen molar-refractivity contribution in [2.45, 2.75) is 32.5 Å². The molecule has 1 saturated heterocycles. The third-order valence-electron chi connectivity index (χ3n) is 3.76. The zero-order chi connectivity index (χ0) is 16.1. The molecule has 2 atom stereocenters. The van der Waals surface area contributed by atoms with Crippen LogP contribution in [0.4, 0.5) is 0 Å². The Morgan fingerprint density at radius 2 is 2.00 bits per heavy atom. The average Bonchev–Trinajstić information content (AvgIpc) is 2.40. The molecule has 0 unspecified atom stereocenters. The molecule has 4 nitrogen and oxygen atoms in total. The zero-order valence-corrected chi connectivity index (χ0v) is 14.5. The number of carbonyl (C=O) groups excluding carboxylic acids is 1. The molecule has 0 aliphatic carbocycles. The summed E-state index contributed by atoms with van der Waals surface area (Å²) in [4.78, 5) is 13.3. The molecule has 22 heavy (non-hydrogen) atoms. The van der Waals surface area contributed by atoms with Crippen molar-refractivity contribution in [1.29, 1.82) is 0 Å². The van der Waals surface area contributed by atoms with Crippen molar-refractivity contribution >= 4 is 29.1 Å². The topological polar surface area (TPSA) is 42.8 Å². The average molecular weight is 346 g/mol. The van der Waals surface area contributed by atoms with Crippen molar-refractivity contribution in [2.24, 2.45) is 0 Å². The predicted octanol–water partition coefficient (Wildman–Crippen LogP) is 1.34. The summed E-state index contributed by atoms with van der Waals surface area (Å²) in [5, 5.41) is 4.22. The molecular weight excluding hydrogens is 323 g/mol. The van der Waals surface area contributed by atoms with E-state index in [2.05, 4.69) is 19.2 Å².